The van der Waals surface area contributed by atoms with Crippen LogP contribution < -0.4 is 10.2 Å². The van der Waals surface area contributed by atoms with Gasteiger partial charge >= 0.3 is 0 Å². The van der Waals surface area contributed by atoms with Gasteiger partial charge in [-0.15, -0.1) is 0 Å². The fourth-order valence-corrected chi connectivity index (χ4v) is 6.91. The Labute approximate surface area is 228 Å². The van der Waals surface area contributed by atoms with E-state index in [-0.39, 0.29) is 29.2 Å². The predicted molar refractivity (Wildman–Crippen MR) is 146 cm³/mol. The summed E-state index contributed by atoms with van der Waals surface area (Å²) < 4.78 is 25.4. The Morgan fingerprint density at radius 1 is 1.05 bits per heavy atom. The van der Waals surface area contributed by atoms with Crippen molar-refractivity contribution in [1.29, 1.82) is 5.26 Å². The molecule has 1 amide bonds. The van der Waals surface area contributed by atoms with E-state index in [1.165, 1.54) is 0 Å². The second-order valence-corrected chi connectivity index (χ2v) is 13.1. The van der Waals surface area contributed by atoms with Gasteiger partial charge in [-0.2, -0.15) is 10.4 Å². The molecule has 39 heavy (non-hydrogen) atoms. The van der Waals surface area contributed by atoms with Crippen molar-refractivity contribution in [2.24, 2.45) is 5.92 Å². The van der Waals surface area contributed by atoms with Crippen LogP contribution in [0.4, 0.5) is 5.69 Å². The van der Waals surface area contributed by atoms with Crippen LogP contribution in [-0.4, -0.2) is 64.2 Å². The van der Waals surface area contributed by atoms with Crippen molar-refractivity contribution in [2.75, 3.05) is 29.5 Å². The number of hydrogen-bond donors (Lipinski definition) is 1. The molecule has 10 nitrogen and oxygen atoms in total. The molecule has 0 spiro atoms. The number of hydrogen-bond acceptors (Lipinski definition) is 8. The molecular formula is C28H31N7O3S. The molecule has 2 aliphatic carbocycles. The number of nitrogens with zero attached hydrogens (tertiary/aromatic N) is 6. The van der Waals surface area contributed by atoms with Crippen LogP contribution in [-0.2, 0) is 14.6 Å². The van der Waals surface area contributed by atoms with Crippen LogP contribution in [0.25, 0.3) is 17.1 Å². The molecule has 3 fully saturated rings. The molecule has 11 heteroatoms. The van der Waals surface area contributed by atoms with Gasteiger partial charge in [0.2, 0.25) is 11.9 Å². The molecule has 0 unspecified atom stereocenters. The Bertz CT molecular complexity index is 1490. The monoisotopic (exact) mass is 545 g/mol. The Morgan fingerprint density at radius 3 is 2.41 bits per heavy atom. The molecule has 202 valence electrons. The van der Waals surface area contributed by atoms with Gasteiger partial charge in [-0.1, -0.05) is 25.0 Å². The average molecular weight is 546 g/mol. The van der Waals surface area contributed by atoms with Gasteiger partial charge in [0.25, 0.3) is 0 Å². The SMILES string of the molecule is N#CC1(NC(=O)[C@@H]2CCCC[C@H]2c2nn(-c3ncccn3)cc2-c2ccc(N3CCS(=O)(=O)CC3)cc2)CC1. The lowest BCUT2D eigenvalue weighted by Crippen LogP contribution is -2.42. The van der Waals surface area contributed by atoms with Crippen LogP contribution in [0.2, 0.25) is 0 Å². The number of anilines is 1. The van der Waals surface area contributed by atoms with E-state index >= 15 is 0 Å². The highest BCUT2D eigenvalue weighted by Crippen LogP contribution is 2.43. The average Bonchev–Trinajstić information content (AvgIpc) is 3.60. The van der Waals surface area contributed by atoms with Gasteiger partial charge in [0.05, 0.1) is 23.3 Å². The first-order chi connectivity index (χ1) is 18.9. The second kappa shape index (κ2) is 10.1. The van der Waals surface area contributed by atoms with Crippen molar-refractivity contribution >= 4 is 21.4 Å². The molecule has 1 aliphatic heterocycles. The fraction of sp³-hybridized carbons (Fsp3) is 0.464. The van der Waals surface area contributed by atoms with Gasteiger partial charge in [0.15, 0.2) is 9.84 Å². The van der Waals surface area contributed by atoms with Gasteiger partial charge < -0.3 is 10.2 Å². The maximum absolute atomic E-state index is 13.4. The summed E-state index contributed by atoms with van der Waals surface area (Å²) in [5, 5.41) is 17.5. The summed E-state index contributed by atoms with van der Waals surface area (Å²) in [6, 6.07) is 12.1. The summed E-state index contributed by atoms with van der Waals surface area (Å²) in [5.74, 6) is 0.361. The molecule has 2 saturated carbocycles. The van der Waals surface area contributed by atoms with E-state index in [0.29, 0.717) is 31.9 Å². The molecule has 1 aromatic carbocycles. The predicted octanol–water partition coefficient (Wildman–Crippen LogP) is 3.01. The molecule has 3 heterocycles. The Balaban J connectivity index is 1.34. The van der Waals surface area contributed by atoms with Crippen molar-refractivity contribution in [2.45, 2.75) is 50.0 Å². The molecule has 6 rings (SSSR count). The molecular weight excluding hydrogens is 514 g/mol. The number of carbonyl (C=O) groups excluding carboxylic acids is 1. The number of sulfone groups is 1. The third-order valence-corrected chi connectivity index (χ3v) is 9.78. The molecule has 0 radical (unpaired) electrons. The number of carbonyl (C=O) groups is 1. The Morgan fingerprint density at radius 2 is 1.74 bits per heavy atom. The van der Waals surface area contributed by atoms with Crippen LogP contribution in [0.3, 0.4) is 0 Å². The highest BCUT2D eigenvalue weighted by Gasteiger charge is 2.47. The number of nitrogens with one attached hydrogen (secondary N) is 1. The second-order valence-electron chi connectivity index (χ2n) is 10.8. The maximum Gasteiger partial charge on any atom is 0.250 e. The van der Waals surface area contributed by atoms with Gasteiger partial charge in [-0.25, -0.2) is 23.1 Å². The third kappa shape index (κ3) is 5.26. The normalized spacial score (nSPS) is 23.5. The first kappa shape index (κ1) is 25.5. The number of amides is 1. The van der Waals surface area contributed by atoms with E-state index in [1.54, 1.807) is 23.1 Å². The maximum atomic E-state index is 13.4. The Hall–Kier alpha value is -3.78. The smallest absolute Gasteiger partial charge is 0.250 e. The van der Waals surface area contributed by atoms with Gasteiger partial charge in [0.1, 0.15) is 5.54 Å². The lowest BCUT2D eigenvalue weighted by atomic mass is 9.75. The minimum absolute atomic E-state index is 0.0643. The topological polar surface area (TPSA) is 134 Å². The summed E-state index contributed by atoms with van der Waals surface area (Å²) in [4.78, 5) is 24.3. The van der Waals surface area contributed by atoms with Crippen molar-refractivity contribution < 1.29 is 13.2 Å². The van der Waals surface area contributed by atoms with Crippen LogP contribution in [0.5, 0.6) is 0 Å². The van der Waals surface area contributed by atoms with Crippen LogP contribution in [0.1, 0.15) is 50.1 Å². The zero-order valence-corrected chi connectivity index (χ0v) is 22.5. The van der Waals surface area contributed by atoms with Crippen LogP contribution in [0.15, 0.2) is 48.9 Å². The van der Waals surface area contributed by atoms with Crippen LogP contribution >= 0.6 is 0 Å². The van der Waals surface area contributed by atoms with E-state index in [2.05, 4.69) is 26.3 Å². The van der Waals surface area contributed by atoms with Crippen molar-refractivity contribution in [3.63, 3.8) is 0 Å². The summed E-state index contributed by atoms with van der Waals surface area (Å²) in [7, 11) is -2.95. The Kier molecular flexibility index (Phi) is 6.59. The number of nitriles is 1. The minimum Gasteiger partial charge on any atom is -0.369 e. The van der Waals surface area contributed by atoms with Crippen molar-refractivity contribution in [1.82, 2.24) is 25.1 Å². The highest BCUT2D eigenvalue weighted by molar-refractivity contribution is 7.91. The van der Waals surface area contributed by atoms with Crippen molar-refractivity contribution in [3.8, 4) is 23.1 Å². The first-order valence-electron chi connectivity index (χ1n) is 13.5. The lowest BCUT2D eigenvalue weighted by Gasteiger charge is -2.31. The molecule has 2 atom stereocenters. The van der Waals surface area contributed by atoms with E-state index < -0.39 is 15.4 Å². The first-order valence-corrected chi connectivity index (χ1v) is 15.3. The number of benzene rings is 1. The highest BCUT2D eigenvalue weighted by atomic mass is 32.2. The van der Waals surface area contributed by atoms with E-state index in [1.807, 2.05) is 30.5 Å². The summed E-state index contributed by atoms with van der Waals surface area (Å²) >= 11 is 0. The summed E-state index contributed by atoms with van der Waals surface area (Å²) in [5.41, 5.74) is 2.99. The van der Waals surface area contributed by atoms with E-state index in [9.17, 15) is 18.5 Å². The minimum atomic E-state index is -2.95. The lowest BCUT2D eigenvalue weighted by molar-refractivity contribution is -0.127. The van der Waals surface area contributed by atoms with Gasteiger partial charge in [-0.3, -0.25) is 4.79 Å². The van der Waals surface area contributed by atoms with Crippen molar-refractivity contribution in [3.05, 3.63) is 54.6 Å². The van der Waals surface area contributed by atoms with E-state index in [0.717, 1.165) is 48.2 Å². The number of rotatable bonds is 6. The molecule has 3 aliphatic rings. The molecule has 2 aromatic heterocycles. The molecule has 1 N–H and O–H groups in total. The fourth-order valence-electron chi connectivity index (χ4n) is 5.71. The third-order valence-electron chi connectivity index (χ3n) is 8.17. The van der Waals surface area contributed by atoms with Crippen LogP contribution in [0, 0.1) is 17.2 Å². The summed E-state index contributed by atoms with van der Waals surface area (Å²) in [6.07, 6.45) is 10.2. The molecule has 3 aromatic rings. The van der Waals surface area contributed by atoms with Gasteiger partial charge in [-0.05, 0) is 49.4 Å². The zero-order valence-electron chi connectivity index (χ0n) is 21.7. The number of aromatic nitrogens is 4. The quantitative estimate of drug-likeness (QED) is 0.500. The standard InChI is InChI=1S/C28H31N7O3S/c29-19-28(10-11-28)32-26(36)23-5-2-1-4-22(23)25-24(18-35(33-25)27-30-12-3-13-31-27)20-6-8-21(9-7-20)34-14-16-39(37,38)17-15-34/h3,6-9,12-13,18,22-23H,1-2,4-5,10-11,14-17H2,(H,32,36)/t22-,23-/m1/s1. The zero-order chi connectivity index (χ0) is 27.0. The molecule has 1 saturated heterocycles. The summed E-state index contributed by atoms with van der Waals surface area (Å²) in [6.45, 7) is 0.971. The molecule has 0 bridgehead atoms. The van der Waals surface area contributed by atoms with E-state index in [4.69, 9.17) is 5.10 Å². The largest absolute Gasteiger partial charge is 0.369 e. The van der Waals surface area contributed by atoms with Gasteiger partial charge in [0, 0.05) is 54.8 Å².